The van der Waals surface area contributed by atoms with Crippen molar-refractivity contribution < 1.29 is 9.84 Å². The van der Waals surface area contributed by atoms with Crippen molar-refractivity contribution in [1.82, 2.24) is 29.9 Å². The van der Waals surface area contributed by atoms with Gasteiger partial charge in [-0.2, -0.15) is 4.52 Å². The van der Waals surface area contributed by atoms with E-state index in [9.17, 15) is 5.11 Å². The number of anilines is 3. The Morgan fingerprint density at radius 1 is 0.917 bits per heavy atom. The fourth-order valence-corrected chi connectivity index (χ4v) is 4.59. The number of nitrogens with one attached hydrogen (secondary N) is 1. The molecular formula is C26H26N8O2. The number of aromatic nitrogens is 5. The number of piperazine rings is 1. The van der Waals surface area contributed by atoms with Crippen LogP contribution in [0.25, 0.3) is 16.7 Å². The van der Waals surface area contributed by atoms with Crippen LogP contribution in [0.1, 0.15) is 11.8 Å². The van der Waals surface area contributed by atoms with Crippen molar-refractivity contribution in [3.05, 3.63) is 78.4 Å². The molecule has 0 bridgehead atoms. The third-order valence-corrected chi connectivity index (χ3v) is 6.59. The van der Waals surface area contributed by atoms with E-state index in [1.807, 2.05) is 60.7 Å². The van der Waals surface area contributed by atoms with Gasteiger partial charge in [-0.1, -0.05) is 24.3 Å². The lowest BCUT2D eigenvalue weighted by Gasteiger charge is -2.38. The number of methoxy groups -OCH3 is 1. The summed E-state index contributed by atoms with van der Waals surface area (Å²) in [7, 11) is 1.67. The lowest BCUT2D eigenvalue weighted by molar-refractivity contribution is -0.00160. The standard InChI is InChI=1S/C26H26N8O2/c1-36-21-12-10-20(11-13-21)32-14-16-33(17-15-32)26(35)18-6-8-19(9-7-18)27-24-25-29-30-31-34(25)23-5-3-2-4-22(23)28-24/h2-13,26,35H,14-17H2,1H3,(H,27,28). The minimum absolute atomic E-state index is 0.549. The molecule has 1 aliphatic rings. The van der Waals surface area contributed by atoms with Crippen molar-refractivity contribution in [2.75, 3.05) is 43.5 Å². The molecule has 0 aliphatic carbocycles. The SMILES string of the molecule is COc1ccc(N2CCN(C(O)c3ccc(Nc4nc5ccccc5n5nnnc45)cc3)CC2)cc1. The molecule has 1 atom stereocenters. The van der Waals surface area contributed by atoms with Gasteiger partial charge in [0.1, 0.15) is 12.0 Å². The summed E-state index contributed by atoms with van der Waals surface area (Å²) < 4.78 is 6.93. The molecule has 36 heavy (non-hydrogen) atoms. The molecule has 1 saturated heterocycles. The summed E-state index contributed by atoms with van der Waals surface area (Å²) in [5, 5.41) is 26.4. The summed E-state index contributed by atoms with van der Waals surface area (Å²) >= 11 is 0. The smallest absolute Gasteiger partial charge is 0.222 e. The van der Waals surface area contributed by atoms with Crippen molar-refractivity contribution in [2.45, 2.75) is 6.23 Å². The van der Waals surface area contributed by atoms with E-state index in [2.05, 4.69) is 42.8 Å². The van der Waals surface area contributed by atoms with Crippen LogP contribution in [0.2, 0.25) is 0 Å². The van der Waals surface area contributed by atoms with Crippen LogP contribution in [-0.4, -0.2) is 68.3 Å². The van der Waals surface area contributed by atoms with E-state index < -0.39 is 6.23 Å². The van der Waals surface area contributed by atoms with Crippen molar-refractivity contribution in [2.24, 2.45) is 0 Å². The first-order chi connectivity index (χ1) is 17.7. The maximum atomic E-state index is 11.0. The monoisotopic (exact) mass is 482 g/mol. The predicted molar refractivity (Wildman–Crippen MR) is 138 cm³/mol. The number of ether oxygens (including phenoxy) is 1. The fraction of sp³-hybridized carbons (Fsp3) is 0.231. The summed E-state index contributed by atoms with van der Waals surface area (Å²) in [5.41, 5.74) is 5.03. The number of nitrogens with zero attached hydrogens (tertiary/aromatic N) is 7. The quantitative estimate of drug-likeness (QED) is 0.377. The number of benzene rings is 3. The van der Waals surface area contributed by atoms with E-state index in [4.69, 9.17) is 9.72 Å². The summed E-state index contributed by atoms with van der Waals surface area (Å²) in [6.45, 7) is 3.23. The third-order valence-electron chi connectivity index (χ3n) is 6.59. The largest absolute Gasteiger partial charge is 0.497 e. The Morgan fingerprint density at radius 2 is 1.67 bits per heavy atom. The van der Waals surface area contributed by atoms with Crippen LogP contribution < -0.4 is 15.0 Å². The van der Waals surface area contributed by atoms with E-state index in [0.29, 0.717) is 11.5 Å². The second-order valence-corrected chi connectivity index (χ2v) is 8.71. The molecule has 0 amide bonds. The molecule has 0 saturated carbocycles. The van der Waals surface area contributed by atoms with Gasteiger partial charge in [0.05, 0.1) is 18.1 Å². The lowest BCUT2D eigenvalue weighted by atomic mass is 10.1. The molecule has 2 N–H and O–H groups in total. The zero-order valence-electron chi connectivity index (χ0n) is 19.8. The number of fused-ring (bicyclic) bond motifs is 3. The molecule has 6 rings (SSSR count). The number of tetrazole rings is 1. The first kappa shape index (κ1) is 22.2. The van der Waals surface area contributed by atoms with Crippen LogP contribution in [0.5, 0.6) is 5.75 Å². The summed E-state index contributed by atoms with van der Waals surface area (Å²) in [6, 6.07) is 23.6. The van der Waals surface area contributed by atoms with E-state index in [1.54, 1.807) is 11.6 Å². The second-order valence-electron chi connectivity index (χ2n) is 8.71. The van der Waals surface area contributed by atoms with E-state index in [1.165, 1.54) is 5.69 Å². The summed E-state index contributed by atoms with van der Waals surface area (Å²) in [4.78, 5) is 9.12. The Bertz CT molecular complexity index is 1480. The maximum Gasteiger partial charge on any atom is 0.222 e. The molecular weight excluding hydrogens is 456 g/mol. The molecule has 1 aliphatic heterocycles. The van der Waals surface area contributed by atoms with Gasteiger partial charge >= 0.3 is 0 Å². The van der Waals surface area contributed by atoms with Gasteiger partial charge in [0, 0.05) is 37.6 Å². The minimum atomic E-state index is -0.664. The van der Waals surface area contributed by atoms with Gasteiger partial charge in [-0.25, -0.2) is 4.98 Å². The summed E-state index contributed by atoms with van der Waals surface area (Å²) in [5.74, 6) is 1.42. The molecule has 10 nitrogen and oxygen atoms in total. The van der Waals surface area contributed by atoms with E-state index in [-0.39, 0.29) is 0 Å². The molecule has 3 heterocycles. The Hall–Kier alpha value is -4.28. The van der Waals surface area contributed by atoms with Gasteiger partial charge in [0.2, 0.25) is 5.65 Å². The number of aliphatic hydroxyl groups excluding tert-OH is 1. The topological polar surface area (TPSA) is 104 Å². The Morgan fingerprint density at radius 3 is 2.42 bits per heavy atom. The Labute approximate surface area is 207 Å². The van der Waals surface area contributed by atoms with Gasteiger partial charge in [-0.05, 0) is 64.5 Å². The molecule has 10 heteroatoms. The minimum Gasteiger partial charge on any atom is -0.497 e. The molecule has 0 radical (unpaired) electrons. The average molecular weight is 483 g/mol. The van der Waals surface area contributed by atoms with Crippen LogP contribution in [0.15, 0.2) is 72.8 Å². The van der Waals surface area contributed by atoms with E-state index in [0.717, 1.165) is 54.2 Å². The van der Waals surface area contributed by atoms with Crippen LogP contribution >= 0.6 is 0 Å². The molecule has 0 spiro atoms. The molecule has 1 fully saturated rings. The first-order valence-electron chi connectivity index (χ1n) is 11.8. The van der Waals surface area contributed by atoms with Crippen LogP contribution in [-0.2, 0) is 0 Å². The van der Waals surface area contributed by atoms with Crippen molar-refractivity contribution in [3.8, 4) is 5.75 Å². The van der Waals surface area contributed by atoms with Gasteiger partial charge in [-0.3, -0.25) is 4.90 Å². The number of aliphatic hydroxyl groups is 1. The zero-order chi connectivity index (χ0) is 24.5. The highest BCUT2D eigenvalue weighted by Gasteiger charge is 2.23. The fourth-order valence-electron chi connectivity index (χ4n) is 4.59. The van der Waals surface area contributed by atoms with Crippen molar-refractivity contribution >= 4 is 33.9 Å². The van der Waals surface area contributed by atoms with Gasteiger partial charge in [0.15, 0.2) is 5.82 Å². The second kappa shape index (κ2) is 9.40. The maximum absolute atomic E-state index is 11.0. The van der Waals surface area contributed by atoms with Crippen molar-refractivity contribution in [1.29, 1.82) is 0 Å². The number of hydrogen-bond acceptors (Lipinski definition) is 9. The van der Waals surface area contributed by atoms with Crippen LogP contribution in [0, 0.1) is 0 Å². The highest BCUT2D eigenvalue weighted by molar-refractivity contribution is 5.83. The van der Waals surface area contributed by atoms with Crippen molar-refractivity contribution in [3.63, 3.8) is 0 Å². The number of rotatable bonds is 6. The number of hydrogen-bond donors (Lipinski definition) is 2. The molecule has 5 aromatic rings. The molecule has 182 valence electrons. The Balaban J connectivity index is 1.13. The highest BCUT2D eigenvalue weighted by atomic mass is 16.5. The van der Waals surface area contributed by atoms with Crippen LogP contribution in [0.4, 0.5) is 17.2 Å². The Kier molecular flexibility index (Phi) is 5.80. The molecule has 3 aromatic carbocycles. The third kappa shape index (κ3) is 4.16. The van der Waals surface area contributed by atoms with Gasteiger partial charge in [0.25, 0.3) is 0 Å². The highest BCUT2D eigenvalue weighted by Crippen LogP contribution is 2.27. The van der Waals surface area contributed by atoms with Gasteiger partial charge < -0.3 is 20.1 Å². The molecule has 2 aromatic heterocycles. The van der Waals surface area contributed by atoms with Gasteiger partial charge in [-0.15, -0.1) is 5.10 Å². The normalized spacial score (nSPS) is 15.3. The van der Waals surface area contributed by atoms with E-state index >= 15 is 0 Å². The molecule has 1 unspecified atom stereocenters. The zero-order valence-corrected chi connectivity index (χ0v) is 19.8. The first-order valence-corrected chi connectivity index (χ1v) is 11.8. The lowest BCUT2D eigenvalue weighted by Crippen LogP contribution is -2.47. The average Bonchev–Trinajstić information content (AvgIpc) is 3.44. The van der Waals surface area contributed by atoms with Crippen LogP contribution in [0.3, 0.4) is 0 Å². The summed E-state index contributed by atoms with van der Waals surface area (Å²) in [6.07, 6.45) is -0.664. The predicted octanol–water partition coefficient (Wildman–Crippen LogP) is 3.24. The number of para-hydroxylation sites is 2.